The summed E-state index contributed by atoms with van der Waals surface area (Å²) in [6, 6.07) is 26.8. The van der Waals surface area contributed by atoms with Crippen LogP contribution in [0.5, 0.6) is 0 Å². The van der Waals surface area contributed by atoms with E-state index in [1.807, 2.05) is 91.0 Å². The van der Waals surface area contributed by atoms with Gasteiger partial charge < -0.3 is 30.2 Å². The quantitative estimate of drug-likeness (QED) is 0.121. The second-order valence-electron chi connectivity index (χ2n) is 13.1. The van der Waals surface area contributed by atoms with E-state index in [4.69, 9.17) is 19.2 Å². The Labute approximate surface area is 302 Å². The van der Waals surface area contributed by atoms with Crippen molar-refractivity contribution in [2.45, 2.75) is 70.6 Å². The van der Waals surface area contributed by atoms with Gasteiger partial charge in [-0.3, -0.25) is 18.4 Å². The van der Waals surface area contributed by atoms with Gasteiger partial charge in [-0.2, -0.15) is 0 Å². The van der Waals surface area contributed by atoms with Gasteiger partial charge in [0.1, 0.15) is 22.4 Å². The number of hydrogen-bond donors (Lipinski definition) is 3. The Hall–Kier alpha value is -5.14. The van der Waals surface area contributed by atoms with Crippen molar-refractivity contribution in [1.82, 2.24) is 19.6 Å². The van der Waals surface area contributed by atoms with E-state index in [9.17, 15) is 19.2 Å². The van der Waals surface area contributed by atoms with Crippen LogP contribution in [0.1, 0.15) is 57.9 Å². The summed E-state index contributed by atoms with van der Waals surface area (Å²) in [5.41, 5.74) is 0.140. The van der Waals surface area contributed by atoms with Crippen LogP contribution >= 0.6 is 11.9 Å². The first kappa shape index (κ1) is 38.7. The molecule has 0 radical (unpaired) electrons. The van der Waals surface area contributed by atoms with Gasteiger partial charge in [0.25, 0.3) is 5.91 Å². The van der Waals surface area contributed by atoms with Crippen molar-refractivity contribution in [2.24, 2.45) is 0 Å². The van der Waals surface area contributed by atoms with E-state index in [0.29, 0.717) is 5.82 Å². The molecule has 4 aromatic rings. The Morgan fingerprint density at radius 3 is 2.08 bits per heavy atom. The molecule has 0 spiro atoms. The molecule has 12 nitrogen and oxygen atoms in total. The van der Waals surface area contributed by atoms with Crippen LogP contribution in [0, 0.1) is 0 Å². The van der Waals surface area contributed by atoms with E-state index in [-0.39, 0.29) is 25.6 Å². The first-order chi connectivity index (χ1) is 24.3. The normalized spacial score (nSPS) is 12.7. The Bertz CT molecular complexity index is 1760. The lowest BCUT2D eigenvalue weighted by Gasteiger charge is -2.29. The number of nitrogens with one attached hydrogen (secondary N) is 3. The van der Waals surface area contributed by atoms with E-state index < -0.39 is 46.3 Å². The molecule has 0 fully saturated rings. The molecule has 0 aliphatic rings. The lowest BCUT2D eigenvalue weighted by atomic mass is 10.0. The zero-order chi connectivity index (χ0) is 37.0. The predicted molar refractivity (Wildman–Crippen MR) is 197 cm³/mol. The smallest absolute Gasteiger partial charge is 0.408 e. The number of rotatable bonds is 15. The number of nitrogens with zero attached hydrogens (tertiary/aromatic N) is 2. The number of hydrogen-bond acceptors (Lipinski definition) is 9. The van der Waals surface area contributed by atoms with Crippen molar-refractivity contribution in [3.63, 3.8) is 0 Å². The number of aromatic nitrogens is 2. The SMILES string of the molecule is CCOC(=O)C(Sn1cc(NC(=O)[C@@H](COCc2ccccc2)NC(=O)C(C)(C)NC(=O)OC(C)(C)C)nc1-c1ccccc1)c1ccccc1. The molecule has 1 aromatic heterocycles. The van der Waals surface area contributed by atoms with Gasteiger partial charge in [0, 0.05) is 5.56 Å². The third-order valence-electron chi connectivity index (χ3n) is 7.18. The minimum absolute atomic E-state index is 0.176. The second kappa shape index (κ2) is 17.7. The zero-order valence-corrected chi connectivity index (χ0v) is 30.5. The van der Waals surface area contributed by atoms with Gasteiger partial charge in [-0.05, 0) is 64.6 Å². The number of benzene rings is 3. The summed E-state index contributed by atoms with van der Waals surface area (Å²) in [5, 5.41) is 7.36. The number of carbonyl (C=O) groups excluding carboxylic acids is 4. The van der Waals surface area contributed by atoms with E-state index in [0.717, 1.165) is 16.7 Å². The maximum atomic E-state index is 13.9. The summed E-state index contributed by atoms with van der Waals surface area (Å²) in [6.07, 6.45) is 0.828. The van der Waals surface area contributed by atoms with Gasteiger partial charge in [-0.25, -0.2) is 9.78 Å². The second-order valence-corrected chi connectivity index (χ2v) is 14.1. The van der Waals surface area contributed by atoms with Crippen molar-refractivity contribution in [3.8, 4) is 11.4 Å². The number of amides is 3. The van der Waals surface area contributed by atoms with Crippen LogP contribution in [0.4, 0.5) is 10.6 Å². The molecular formula is C38H45N5O7S. The average molecular weight is 716 g/mol. The molecule has 1 heterocycles. The summed E-state index contributed by atoms with van der Waals surface area (Å²) in [4.78, 5) is 57.8. The molecule has 51 heavy (non-hydrogen) atoms. The molecule has 0 bridgehead atoms. The topological polar surface area (TPSA) is 150 Å². The standard InChI is InChI=1S/C38H45N5O7S/c1-7-49-34(45)31(27-19-13-9-14-20-27)51-43-23-30(40-32(43)28-21-15-10-16-22-28)41-33(44)29(25-48-24-26-17-11-8-12-18-26)39-35(46)38(5,6)42-36(47)50-37(2,3)4/h8-23,29,31H,7,24-25H2,1-6H3,(H,39,46)(H,41,44)(H,42,47)/t29-,31?/m1/s1. The molecular weight excluding hydrogens is 671 g/mol. The van der Waals surface area contributed by atoms with Crippen LogP contribution < -0.4 is 16.0 Å². The molecule has 0 aliphatic carbocycles. The Balaban J connectivity index is 1.60. The number of ether oxygens (including phenoxy) is 3. The van der Waals surface area contributed by atoms with Gasteiger partial charge >= 0.3 is 12.1 Å². The average Bonchev–Trinajstić information content (AvgIpc) is 3.48. The largest absolute Gasteiger partial charge is 0.465 e. The number of alkyl carbamates (subject to hydrolysis) is 1. The number of esters is 1. The van der Waals surface area contributed by atoms with Gasteiger partial charge in [-0.1, -0.05) is 91.0 Å². The van der Waals surface area contributed by atoms with Crippen LogP contribution in [0.15, 0.2) is 97.2 Å². The molecule has 3 N–H and O–H groups in total. The highest BCUT2D eigenvalue weighted by Gasteiger charge is 2.35. The molecule has 3 aromatic carbocycles. The van der Waals surface area contributed by atoms with Crippen LogP contribution in [0.3, 0.4) is 0 Å². The highest BCUT2D eigenvalue weighted by molar-refractivity contribution is 7.98. The molecule has 0 saturated carbocycles. The lowest BCUT2D eigenvalue weighted by Crippen LogP contribution is -2.59. The van der Waals surface area contributed by atoms with E-state index in [1.54, 1.807) is 37.9 Å². The molecule has 1 unspecified atom stereocenters. The highest BCUT2D eigenvalue weighted by Crippen LogP contribution is 2.36. The monoisotopic (exact) mass is 715 g/mol. The van der Waals surface area contributed by atoms with Crippen molar-refractivity contribution in [3.05, 3.63) is 108 Å². The molecule has 4 rings (SSSR count). The maximum Gasteiger partial charge on any atom is 0.408 e. The van der Waals surface area contributed by atoms with Gasteiger partial charge in [0.05, 0.1) is 26.0 Å². The fourth-order valence-corrected chi connectivity index (χ4v) is 5.77. The fraction of sp³-hybridized carbons (Fsp3) is 0.342. The first-order valence-electron chi connectivity index (χ1n) is 16.5. The zero-order valence-electron chi connectivity index (χ0n) is 29.7. The van der Waals surface area contributed by atoms with Crippen LogP contribution in [-0.2, 0) is 35.2 Å². The van der Waals surface area contributed by atoms with Crippen LogP contribution in [0.2, 0.25) is 0 Å². The number of imidazole rings is 1. The van der Waals surface area contributed by atoms with E-state index in [1.165, 1.54) is 25.8 Å². The minimum atomic E-state index is -1.45. The predicted octanol–water partition coefficient (Wildman–Crippen LogP) is 6.29. The third-order valence-corrected chi connectivity index (χ3v) is 8.36. The molecule has 13 heteroatoms. The van der Waals surface area contributed by atoms with Crippen molar-refractivity contribution < 1.29 is 33.4 Å². The summed E-state index contributed by atoms with van der Waals surface area (Å²) in [5.74, 6) is -1.01. The Kier molecular flexibility index (Phi) is 13.4. The summed E-state index contributed by atoms with van der Waals surface area (Å²) >= 11 is 1.18. The molecule has 270 valence electrons. The van der Waals surface area contributed by atoms with Crippen LogP contribution in [-0.4, -0.2) is 63.2 Å². The van der Waals surface area contributed by atoms with Crippen molar-refractivity contribution in [1.29, 1.82) is 0 Å². The summed E-state index contributed by atoms with van der Waals surface area (Å²) < 4.78 is 18.3. The van der Waals surface area contributed by atoms with Crippen molar-refractivity contribution >= 4 is 41.6 Å². The summed E-state index contributed by atoms with van der Waals surface area (Å²) in [6.45, 7) is 10.1. The molecule has 0 saturated heterocycles. The molecule has 2 atom stereocenters. The third kappa shape index (κ3) is 11.7. The number of carbonyl (C=O) groups is 4. The van der Waals surface area contributed by atoms with Gasteiger partial charge in [-0.15, -0.1) is 0 Å². The summed E-state index contributed by atoms with van der Waals surface area (Å²) in [7, 11) is 0. The minimum Gasteiger partial charge on any atom is -0.465 e. The van der Waals surface area contributed by atoms with E-state index >= 15 is 0 Å². The Morgan fingerprint density at radius 2 is 1.47 bits per heavy atom. The highest BCUT2D eigenvalue weighted by atomic mass is 32.2. The molecule has 0 aliphatic heterocycles. The van der Waals surface area contributed by atoms with Crippen molar-refractivity contribution in [2.75, 3.05) is 18.5 Å². The van der Waals surface area contributed by atoms with Gasteiger partial charge in [0.2, 0.25) is 5.91 Å². The molecule has 3 amide bonds. The van der Waals surface area contributed by atoms with Gasteiger partial charge in [0.15, 0.2) is 11.6 Å². The first-order valence-corrected chi connectivity index (χ1v) is 17.4. The number of anilines is 1. The Morgan fingerprint density at radius 1 is 0.863 bits per heavy atom. The van der Waals surface area contributed by atoms with Crippen LogP contribution in [0.25, 0.3) is 11.4 Å². The van der Waals surface area contributed by atoms with E-state index in [2.05, 4.69) is 16.0 Å². The fourth-order valence-electron chi connectivity index (χ4n) is 4.70. The lowest BCUT2D eigenvalue weighted by molar-refractivity contribution is -0.142. The maximum absolute atomic E-state index is 13.9.